The molecule has 7 atom stereocenters. The molecule has 5 rings (SSSR count). The van der Waals surface area contributed by atoms with Crippen LogP contribution in [-0.2, 0) is 4.74 Å². The highest BCUT2D eigenvalue weighted by Gasteiger charge is 2.66. The maximum Gasteiger partial charge on any atom is 0.105 e. The first-order valence-electron chi connectivity index (χ1n) is 10.1. The standard InChI is InChI=1S/C22H31NO3/c1-13-5-6-17-20(13,2)8-7-14-11-15-18(24)19(25)16(23(3)4)12-21(15)9-10-22(14,17)26-21/h5,7,11,16-19,24-25H,6,8-10,12H2,1-4H3/t16-,17+,18+,19+,20+,21+,22+/m0/s1. The summed E-state index contributed by atoms with van der Waals surface area (Å²) in [5.74, 6) is 0.481. The summed E-state index contributed by atoms with van der Waals surface area (Å²) < 4.78 is 7.04. The van der Waals surface area contributed by atoms with Gasteiger partial charge in [0.05, 0.1) is 17.3 Å². The molecule has 4 nitrogen and oxygen atoms in total. The SMILES string of the molecule is CC1=CC[C@@H]2[C@]1(C)CC=C1C=C3[C@@H](O)[C@H](O)[C@@H](N(C)C)C[C@]34CC[C@@]12O4. The Morgan fingerprint density at radius 1 is 1.19 bits per heavy atom. The summed E-state index contributed by atoms with van der Waals surface area (Å²) >= 11 is 0. The summed E-state index contributed by atoms with van der Waals surface area (Å²) in [5, 5.41) is 21.6. The van der Waals surface area contributed by atoms with Crippen LogP contribution in [0.15, 0.2) is 34.9 Å². The van der Waals surface area contributed by atoms with E-state index in [9.17, 15) is 10.2 Å². The summed E-state index contributed by atoms with van der Waals surface area (Å²) in [6, 6.07) is -0.0822. The molecule has 2 N–H and O–H groups in total. The van der Waals surface area contributed by atoms with E-state index in [0.717, 1.165) is 37.7 Å². The number of rotatable bonds is 1. The predicted octanol–water partition coefficient (Wildman–Crippen LogP) is 2.57. The fourth-order valence-corrected chi connectivity index (χ4v) is 6.69. The van der Waals surface area contributed by atoms with E-state index in [-0.39, 0.29) is 17.1 Å². The number of hydrogen-bond donors (Lipinski definition) is 2. The van der Waals surface area contributed by atoms with Gasteiger partial charge in [-0.25, -0.2) is 0 Å². The first kappa shape index (κ1) is 17.2. The van der Waals surface area contributed by atoms with Gasteiger partial charge in [0.25, 0.3) is 0 Å². The van der Waals surface area contributed by atoms with E-state index in [4.69, 9.17) is 4.74 Å². The van der Waals surface area contributed by atoms with Gasteiger partial charge in [0, 0.05) is 12.0 Å². The molecule has 142 valence electrons. The van der Waals surface area contributed by atoms with E-state index in [0.29, 0.717) is 5.92 Å². The molecule has 3 aliphatic carbocycles. The molecule has 0 radical (unpaired) electrons. The number of nitrogens with zero attached hydrogens (tertiary/aromatic N) is 1. The third-order valence-electron chi connectivity index (χ3n) is 8.48. The summed E-state index contributed by atoms with van der Waals surface area (Å²) in [5.41, 5.74) is 3.21. The topological polar surface area (TPSA) is 52.9 Å². The fourth-order valence-electron chi connectivity index (χ4n) is 6.69. The molecule has 1 saturated carbocycles. The van der Waals surface area contributed by atoms with Gasteiger partial charge in [0.1, 0.15) is 6.10 Å². The number of hydrogen-bond acceptors (Lipinski definition) is 4. The van der Waals surface area contributed by atoms with Crippen molar-refractivity contribution in [2.75, 3.05) is 14.1 Å². The van der Waals surface area contributed by atoms with Crippen molar-refractivity contribution in [3.05, 3.63) is 34.9 Å². The van der Waals surface area contributed by atoms with E-state index < -0.39 is 17.8 Å². The lowest BCUT2D eigenvalue weighted by Gasteiger charge is -2.55. The van der Waals surface area contributed by atoms with Crippen molar-refractivity contribution in [2.45, 2.75) is 75.4 Å². The average Bonchev–Trinajstić information content (AvgIpc) is 3.07. The Morgan fingerprint density at radius 3 is 2.69 bits per heavy atom. The molecule has 4 heteroatoms. The van der Waals surface area contributed by atoms with Crippen LogP contribution in [-0.4, -0.2) is 58.7 Å². The van der Waals surface area contributed by atoms with Gasteiger partial charge in [0.2, 0.25) is 0 Å². The highest BCUT2D eigenvalue weighted by atomic mass is 16.5. The van der Waals surface area contributed by atoms with Crippen LogP contribution in [0.25, 0.3) is 0 Å². The molecular weight excluding hydrogens is 326 g/mol. The van der Waals surface area contributed by atoms with Gasteiger partial charge in [0.15, 0.2) is 0 Å². The average molecular weight is 357 g/mol. The molecule has 2 heterocycles. The van der Waals surface area contributed by atoms with Crippen LogP contribution < -0.4 is 0 Å². The first-order chi connectivity index (χ1) is 12.2. The molecule has 0 aromatic carbocycles. The molecule has 0 amide bonds. The molecule has 2 fully saturated rings. The number of likely N-dealkylation sites (N-methyl/N-ethyl adjacent to an activating group) is 1. The quantitative estimate of drug-likeness (QED) is 0.708. The molecule has 2 bridgehead atoms. The Balaban J connectivity index is 1.62. The molecule has 0 aromatic heterocycles. The van der Waals surface area contributed by atoms with Crippen molar-refractivity contribution in [3.63, 3.8) is 0 Å². The van der Waals surface area contributed by atoms with Crippen molar-refractivity contribution < 1.29 is 14.9 Å². The number of allylic oxidation sites excluding steroid dienone is 3. The van der Waals surface area contributed by atoms with Crippen LogP contribution in [0.2, 0.25) is 0 Å². The summed E-state index contributed by atoms with van der Waals surface area (Å²) in [6.07, 6.45) is 10.2. The zero-order valence-corrected chi connectivity index (χ0v) is 16.3. The van der Waals surface area contributed by atoms with Crippen LogP contribution in [0.1, 0.15) is 46.0 Å². The predicted molar refractivity (Wildman–Crippen MR) is 101 cm³/mol. The third kappa shape index (κ3) is 1.84. The lowest BCUT2D eigenvalue weighted by Crippen LogP contribution is -2.61. The second-order valence-corrected chi connectivity index (χ2v) is 9.71. The molecule has 5 aliphatic rings. The highest BCUT2D eigenvalue weighted by molar-refractivity contribution is 5.50. The highest BCUT2D eigenvalue weighted by Crippen LogP contribution is 2.66. The smallest absolute Gasteiger partial charge is 0.105 e. The van der Waals surface area contributed by atoms with Crippen LogP contribution in [0.4, 0.5) is 0 Å². The van der Waals surface area contributed by atoms with E-state index in [2.05, 4.69) is 32.1 Å². The van der Waals surface area contributed by atoms with Gasteiger partial charge in [-0.05, 0) is 69.7 Å². The summed E-state index contributed by atoms with van der Waals surface area (Å²) in [4.78, 5) is 2.03. The van der Waals surface area contributed by atoms with Gasteiger partial charge in [-0.3, -0.25) is 0 Å². The monoisotopic (exact) mass is 357 g/mol. The second-order valence-electron chi connectivity index (χ2n) is 9.71. The Hall–Kier alpha value is -0.940. The van der Waals surface area contributed by atoms with Crippen molar-refractivity contribution in [1.82, 2.24) is 4.90 Å². The van der Waals surface area contributed by atoms with E-state index in [1.165, 1.54) is 11.1 Å². The lowest BCUT2D eigenvalue weighted by molar-refractivity contribution is -0.163. The maximum absolute atomic E-state index is 10.9. The molecule has 0 aromatic rings. The normalized spacial score (nSPS) is 52.0. The van der Waals surface area contributed by atoms with Crippen molar-refractivity contribution in [1.29, 1.82) is 0 Å². The zero-order valence-electron chi connectivity index (χ0n) is 16.3. The van der Waals surface area contributed by atoms with Crippen molar-refractivity contribution >= 4 is 0 Å². The molecule has 2 spiro atoms. The van der Waals surface area contributed by atoms with E-state index in [1.54, 1.807) is 0 Å². The minimum absolute atomic E-state index is 0.0822. The molecular formula is C22H31NO3. The minimum atomic E-state index is -0.843. The van der Waals surface area contributed by atoms with Crippen LogP contribution in [0, 0.1) is 11.3 Å². The van der Waals surface area contributed by atoms with Crippen LogP contribution in [0.3, 0.4) is 0 Å². The number of fused-ring (bicyclic) bond motifs is 1. The van der Waals surface area contributed by atoms with Gasteiger partial charge in [-0.15, -0.1) is 0 Å². The van der Waals surface area contributed by atoms with Crippen LogP contribution in [0.5, 0.6) is 0 Å². The fraction of sp³-hybridized carbons (Fsp3) is 0.727. The molecule has 2 aliphatic heterocycles. The zero-order chi connectivity index (χ0) is 18.5. The second kappa shape index (κ2) is 5.11. The van der Waals surface area contributed by atoms with Gasteiger partial charge in [-0.2, -0.15) is 0 Å². The Morgan fingerprint density at radius 2 is 1.96 bits per heavy atom. The lowest BCUT2D eigenvalue weighted by atomic mass is 9.59. The van der Waals surface area contributed by atoms with Gasteiger partial charge in [-0.1, -0.05) is 30.7 Å². The first-order valence-corrected chi connectivity index (χ1v) is 10.1. The largest absolute Gasteiger partial charge is 0.388 e. The Bertz CT molecular complexity index is 752. The number of aliphatic hydroxyl groups is 2. The summed E-state index contributed by atoms with van der Waals surface area (Å²) in [6.45, 7) is 4.67. The third-order valence-corrected chi connectivity index (χ3v) is 8.48. The maximum atomic E-state index is 10.9. The van der Waals surface area contributed by atoms with Crippen LogP contribution >= 0.6 is 0 Å². The van der Waals surface area contributed by atoms with Crippen molar-refractivity contribution in [3.8, 4) is 0 Å². The molecule has 26 heavy (non-hydrogen) atoms. The number of aliphatic hydroxyl groups excluding tert-OH is 2. The van der Waals surface area contributed by atoms with E-state index in [1.807, 2.05) is 19.0 Å². The Kier molecular flexibility index (Phi) is 3.37. The molecule has 0 unspecified atom stereocenters. The minimum Gasteiger partial charge on any atom is -0.388 e. The Labute approximate surface area is 156 Å². The molecule has 1 saturated heterocycles. The van der Waals surface area contributed by atoms with Crippen molar-refractivity contribution in [2.24, 2.45) is 11.3 Å². The van der Waals surface area contributed by atoms with Gasteiger partial charge >= 0.3 is 0 Å². The van der Waals surface area contributed by atoms with E-state index >= 15 is 0 Å². The summed E-state index contributed by atoms with van der Waals surface area (Å²) in [7, 11) is 3.96. The van der Waals surface area contributed by atoms with Gasteiger partial charge < -0.3 is 19.8 Å². The number of ether oxygens (including phenoxy) is 1.